The highest BCUT2D eigenvalue weighted by atomic mass is 35.5. The molecule has 1 aromatic carbocycles. The number of nitrogens with zero attached hydrogens (tertiary/aromatic N) is 2. The maximum atomic E-state index is 10.9. The van der Waals surface area contributed by atoms with Crippen molar-refractivity contribution in [2.24, 2.45) is 0 Å². The van der Waals surface area contributed by atoms with E-state index in [0.717, 1.165) is 13.0 Å². The molecule has 6 heteroatoms. The molecule has 0 radical (unpaired) electrons. The van der Waals surface area contributed by atoms with E-state index in [9.17, 15) is 10.1 Å². The zero-order valence-corrected chi connectivity index (χ0v) is 11.5. The quantitative estimate of drug-likeness (QED) is 0.495. The average Bonchev–Trinajstić information content (AvgIpc) is 2.88. The number of anilines is 1. The number of hydrogen-bond acceptors (Lipinski definition) is 4. The van der Waals surface area contributed by atoms with Crippen LogP contribution in [0.5, 0.6) is 0 Å². The predicted molar refractivity (Wildman–Crippen MR) is 76.9 cm³/mol. The molecule has 0 aromatic heterocycles. The minimum Gasteiger partial charge on any atom is -0.378 e. The van der Waals surface area contributed by atoms with Crippen LogP contribution in [0, 0.1) is 10.1 Å². The van der Waals surface area contributed by atoms with Crippen molar-refractivity contribution in [3.05, 3.63) is 33.3 Å². The molecule has 1 saturated heterocycles. The van der Waals surface area contributed by atoms with Gasteiger partial charge in [-0.25, -0.2) is 0 Å². The van der Waals surface area contributed by atoms with Crippen molar-refractivity contribution >= 4 is 23.0 Å². The van der Waals surface area contributed by atoms with Crippen molar-refractivity contribution in [1.82, 2.24) is 4.90 Å². The molecule has 1 aromatic rings. The van der Waals surface area contributed by atoms with Crippen LogP contribution in [0.1, 0.15) is 19.3 Å². The highest BCUT2D eigenvalue weighted by Gasteiger charge is 2.16. The third kappa shape index (κ3) is 3.81. The van der Waals surface area contributed by atoms with Crippen LogP contribution in [0.3, 0.4) is 0 Å². The average molecular weight is 284 g/mol. The van der Waals surface area contributed by atoms with Gasteiger partial charge in [0.1, 0.15) is 5.69 Å². The lowest BCUT2D eigenvalue weighted by Crippen LogP contribution is -2.22. The Labute approximate surface area is 117 Å². The number of nitrogens with one attached hydrogen (secondary N) is 1. The first-order chi connectivity index (χ1) is 9.18. The number of rotatable bonds is 6. The van der Waals surface area contributed by atoms with Gasteiger partial charge >= 0.3 is 0 Å². The number of nitro groups is 1. The molecular formula is C13H18ClN3O2. The summed E-state index contributed by atoms with van der Waals surface area (Å²) in [6, 6.07) is 4.72. The van der Waals surface area contributed by atoms with E-state index >= 15 is 0 Å². The van der Waals surface area contributed by atoms with Crippen molar-refractivity contribution in [3.63, 3.8) is 0 Å². The minimum absolute atomic E-state index is 0.0358. The van der Waals surface area contributed by atoms with Gasteiger partial charge in [0.2, 0.25) is 0 Å². The molecule has 0 spiro atoms. The van der Waals surface area contributed by atoms with Gasteiger partial charge in [0, 0.05) is 12.6 Å². The summed E-state index contributed by atoms with van der Waals surface area (Å²) >= 11 is 6.00. The number of nitro benzene ring substituents is 1. The molecule has 5 nitrogen and oxygen atoms in total. The van der Waals surface area contributed by atoms with Gasteiger partial charge in [-0.1, -0.05) is 17.7 Å². The van der Waals surface area contributed by atoms with Crippen LogP contribution in [-0.4, -0.2) is 36.0 Å². The Morgan fingerprint density at radius 3 is 2.79 bits per heavy atom. The largest absolute Gasteiger partial charge is 0.378 e. The topological polar surface area (TPSA) is 58.4 Å². The second-order valence-electron chi connectivity index (χ2n) is 4.72. The molecule has 0 atom stereocenters. The Hall–Kier alpha value is -1.33. The van der Waals surface area contributed by atoms with Gasteiger partial charge in [0.15, 0.2) is 0 Å². The Balaban J connectivity index is 1.86. The first-order valence-electron chi connectivity index (χ1n) is 6.57. The van der Waals surface area contributed by atoms with E-state index in [1.807, 2.05) is 0 Å². The van der Waals surface area contributed by atoms with Gasteiger partial charge in [0.05, 0.1) is 9.95 Å². The fraction of sp³-hybridized carbons (Fsp3) is 0.538. The Bertz CT molecular complexity index is 448. The molecule has 1 aliphatic heterocycles. The summed E-state index contributed by atoms with van der Waals surface area (Å²) in [5.74, 6) is 0. The predicted octanol–water partition coefficient (Wildman–Crippen LogP) is 3.15. The summed E-state index contributed by atoms with van der Waals surface area (Å²) in [6.07, 6.45) is 3.52. The smallest absolute Gasteiger partial charge is 0.293 e. The third-order valence-corrected chi connectivity index (χ3v) is 3.65. The van der Waals surface area contributed by atoms with Crippen LogP contribution in [0.4, 0.5) is 11.4 Å². The lowest BCUT2D eigenvalue weighted by molar-refractivity contribution is -0.383. The van der Waals surface area contributed by atoms with Crippen molar-refractivity contribution in [2.45, 2.75) is 19.3 Å². The standard InChI is InChI=1S/C13H18ClN3O2/c14-11-5-3-6-12(17(18)19)13(11)15-7-4-10-16-8-1-2-9-16/h3,5-6,15H,1-2,4,7-10H2. The summed E-state index contributed by atoms with van der Waals surface area (Å²) in [4.78, 5) is 12.9. The SMILES string of the molecule is O=[N+]([O-])c1cccc(Cl)c1NCCCN1CCCC1. The van der Waals surface area contributed by atoms with Crippen molar-refractivity contribution in [1.29, 1.82) is 0 Å². The number of likely N-dealkylation sites (tertiary alicyclic amines) is 1. The zero-order valence-electron chi connectivity index (χ0n) is 10.8. The minimum atomic E-state index is -0.408. The fourth-order valence-corrected chi connectivity index (χ4v) is 2.60. The van der Waals surface area contributed by atoms with Gasteiger partial charge in [-0.2, -0.15) is 0 Å². The number of benzene rings is 1. The van der Waals surface area contributed by atoms with E-state index in [2.05, 4.69) is 10.2 Å². The van der Waals surface area contributed by atoms with Gasteiger partial charge in [-0.3, -0.25) is 10.1 Å². The van der Waals surface area contributed by atoms with Gasteiger partial charge in [-0.15, -0.1) is 0 Å². The molecule has 104 valence electrons. The molecule has 2 rings (SSSR count). The molecule has 1 N–H and O–H groups in total. The molecule has 0 unspecified atom stereocenters. The molecule has 0 amide bonds. The molecule has 0 aliphatic carbocycles. The summed E-state index contributed by atoms with van der Waals surface area (Å²) in [7, 11) is 0. The molecular weight excluding hydrogens is 266 g/mol. The summed E-state index contributed by atoms with van der Waals surface area (Å²) < 4.78 is 0. The summed E-state index contributed by atoms with van der Waals surface area (Å²) in [5, 5.41) is 14.4. The molecule has 1 heterocycles. The van der Waals surface area contributed by atoms with Crippen LogP contribution in [0.25, 0.3) is 0 Å². The maximum absolute atomic E-state index is 10.9. The van der Waals surface area contributed by atoms with Crippen molar-refractivity contribution in [3.8, 4) is 0 Å². The Kier molecular flexibility index (Phi) is 4.99. The number of halogens is 1. The van der Waals surface area contributed by atoms with E-state index in [1.165, 1.54) is 32.0 Å². The molecule has 0 saturated carbocycles. The summed E-state index contributed by atoms with van der Waals surface area (Å²) in [5.41, 5.74) is 0.462. The summed E-state index contributed by atoms with van der Waals surface area (Å²) in [6.45, 7) is 4.07. The maximum Gasteiger partial charge on any atom is 0.293 e. The van der Waals surface area contributed by atoms with E-state index < -0.39 is 4.92 Å². The second-order valence-corrected chi connectivity index (χ2v) is 5.13. The normalized spacial score (nSPS) is 15.6. The number of hydrogen-bond donors (Lipinski definition) is 1. The molecule has 1 aliphatic rings. The first-order valence-corrected chi connectivity index (χ1v) is 6.95. The van der Waals surface area contributed by atoms with E-state index in [-0.39, 0.29) is 5.69 Å². The molecule has 1 fully saturated rings. The van der Waals surface area contributed by atoms with Crippen LogP contribution < -0.4 is 5.32 Å². The van der Waals surface area contributed by atoms with Crippen molar-refractivity contribution < 1.29 is 4.92 Å². The van der Waals surface area contributed by atoms with E-state index in [1.54, 1.807) is 12.1 Å². The van der Waals surface area contributed by atoms with Crippen LogP contribution in [0.2, 0.25) is 5.02 Å². The highest BCUT2D eigenvalue weighted by Crippen LogP contribution is 2.31. The third-order valence-electron chi connectivity index (χ3n) is 3.34. The molecule has 19 heavy (non-hydrogen) atoms. The van der Waals surface area contributed by atoms with Crippen LogP contribution in [-0.2, 0) is 0 Å². The van der Waals surface area contributed by atoms with Gasteiger partial charge < -0.3 is 10.2 Å². The second kappa shape index (κ2) is 6.73. The number of para-hydroxylation sites is 1. The van der Waals surface area contributed by atoms with E-state index in [0.29, 0.717) is 17.3 Å². The lowest BCUT2D eigenvalue weighted by atomic mass is 10.2. The Morgan fingerprint density at radius 1 is 1.37 bits per heavy atom. The van der Waals surface area contributed by atoms with Gasteiger partial charge in [-0.05, 0) is 45.0 Å². The fourth-order valence-electron chi connectivity index (χ4n) is 2.36. The van der Waals surface area contributed by atoms with Crippen LogP contribution >= 0.6 is 11.6 Å². The van der Waals surface area contributed by atoms with Gasteiger partial charge in [0.25, 0.3) is 5.69 Å². The monoisotopic (exact) mass is 283 g/mol. The van der Waals surface area contributed by atoms with Crippen LogP contribution in [0.15, 0.2) is 18.2 Å². The first kappa shape index (κ1) is 14.1. The zero-order chi connectivity index (χ0) is 13.7. The lowest BCUT2D eigenvalue weighted by Gasteiger charge is -2.15. The highest BCUT2D eigenvalue weighted by molar-refractivity contribution is 6.33. The van der Waals surface area contributed by atoms with Crippen molar-refractivity contribution in [2.75, 3.05) is 31.5 Å². The Morgan fingerprint density at radius 2 is 2.11 bits per heavy atom. The molecule has 0 bridgehead atoms. The van der Waals surface area contributed by atoms with E-state index in [4.69, 9.17) is 11.6 Å².